The molecule has 1 aliphatic carbocycles. The summed E-state index contributed by atoms with van der Waals surface area (Å²) in [6.07, 6.45) is 3.35. The molecule has 0 saturated heterocycles. The van der Waals surface area contributed by atoms with E-state index < -0.39 is 0 Å². The molecule has 6 nitrogen and oxygen atoms in total. The highest BCUT2D eigenvalue weighted by atomic mass is 35.5. The Kier molecular flexibility index (Phi) is 7.81. The molecule has 1 fully saturated rings. The van der Waals surface area contributed by atoms with Gasteiger partial charge in [-0.2, -0.15) is 5.26 Å². The minimum Gasteiger partial charge on any atom is -0.331 e. The van der Waals surface area contributed by atoms with Crippen LogP contribution >= 0.6 is 11.6 Å². The highest BCUT2D eigenvalue weighted by Crippen LogP contribution is 2.28. The molecular formula is C28H27ClN4O2. The first kappa shape index (κ1) is 24.5. The molecule has 0 aromatic heterocycles. The van der Waals surface area contributed by atoms with Gasteiger partial charge in [0.25, 0.3) is 11.8 Å². The Bertz CT molecular complexity index is 1240. The molecule has 0 unspecified atom stereocenters. The summed E-state index contributed by atoms with van der Waals surface area (Å²) in [7, 11) is 0. The van der Waals surface area contributed by atoms with Gasteiger partial charge in [-0.25, -0.2) is 0 Å². The van der Waals surface area contributed by atoms with Crippen LogP contribution in [-0.4, -0.2) is 28.8 Å². The summed E-state index contributed by atoms with van der Waals surface area (Å²) in [4.78, 5) is 28.4. The lowest BCUT2D eigenvalue weighted by Crippen LogP contribution is -2.44. The normalized spacial score (nSPS) is 17.3. The van der Waals surface area contributed by atoms with Crippen molar-refractivity contribution in [1.82, 2.24) is 4.90 Å². The lowest BCUT2D eigenvalue weighted by Gasteiger charge is -2.36. The third-order valence-electron chi connectivity index (χ3n) is 6.40. The molecule has 3 aromatic rings. The van der Waals surface area contributed by atoms with Crippen LogP contribution in [0.1, 0.15) is 57.5 Å². The van der Waals surface area contributed by atoms with E-state index in [9.17, 15) is 9.59 Å². The summed E-state index contributed by atoms with van der Waals surface area (Å²) in [5.74, 6) is -0.375. The number of benzene rings is 3. The monoisotopic (exact) mass is 486 g/mol. The summed E-state index contributed by atoms with van der Waals surface area (Å²) in [5, 5.41) is 12.6. The summed E-state index contributed by atoms with van der Waals surface area (Å²) in [6.45, 7) is 0.338. The van der Waals surface area contributed by atoms with Gasteiger partial charge in [0.15, 0.2) is 0 Å². The number of hydrogen-bond acceptors (Lipinski definition) is 4. The number of carbonyl (C=O) groups excluding carboxylic acids is 2. The molecule has 2 amide bonds. The number of para-hydroxylation sites is 1. The molecule has 4 rings (SSSR count). The van der Waals surface area contributed by atoms with Gasteiger partial charge in [-0.15, -0.1) is 0 Å². The van der Waals surface area contributed by atoms with Gasteiger partial charge in [0.2, 0.25) is 0 Å². The summed E-state index contributed by atoms with van der Waals surface area (Å²) in [6, 6.07) is 23.2. The van der Waals surface area contributed by atoms with E-state index in [1.54, 1.807) is 48.5 Å². The van der Waals surface area contributed by atoms with Crippen molar-refractivity contribution in [2.75, 3.05) is 5.32 Å². The number of nitrogens with two attached hydrogens (primary N) is 1. The molecule has 0 spiro atoms. The lowest BCUT2D eigenvalue weighted by molar-refractivity contribution is 0.0607. The van der Waals surface area contributed by atoms with E-state index in [2.05, 4.69) is 11.4 Å². The predicted octanol–water partition coefficient (Wildman–Crippen LogP) is 5.38. The van der Waals surface area contributed by atoms with Crippen LogP contribution in [-0.2, 0) is 6.54 Å². The Labute approximate surface area is 210 Å². The van der Waals surface area contributed by atoms with Crippen LogP contribution in [0.25, 0.3) is 0 Å². The van der Waals surface area contributed by atoms with Gasteiger partial charge in [0, 0.05) is 40.5 Å². The number of hydrogen-bond donors (Lipinski definition) is 2. The molecule has 35 heavy (non-hydrogen) atoms. The van der Waals surface area contributed by atoms with Gasteiger partial charge in [0.05, 0.1) is 11.6 Å². The van der Waals surface area contributed by atoms with E-state index in [-0.39, 0.29) is 23.9 Å². The molecule has 0 bridgehead atoms. The fourth-order valence-corrected chi connectivity index (χ4v) is 4.61. The van der Waals surface area contributed by atoms with Gasteiger partial charge in [0.1, 0.15) is 0 Å². The van der Waals surface area contributed by atoms with Crippen LogP contribution in [0.4, 0.5) is 5.69 Å². The van der Waals surface area contributed by atoms with E-state index in [0.29, 0.717) is 33.9 Å². The molecule has 1 aliphatic rings. The van der Waals surface area contributed by atoms with Crippen molar-refractivity contribution in [3.8, 4) is 6.07 Å². The number of rotatable bonds is 6. The highest BCUT2D eigenvalue weighted by molar-refractivity contribution is 6.31. The number of anilines is 1. The van der Waals surface area contributed by atoms with Crippen LogP contribution in [0.5, 0.6) is 0 Å². The summed E-state index contributed by atoms with van der Waals surface area (Å²) < 4.78 is 0. The molecule has 0 heterocycles. The number of halogens is 1. The third kappa shape index (κ3) is 6.07. The number of amides is 2. The summed E-state index contributed by atoms with van der Waals surface area (Å²) >= 11 is 6.05. The van der Waals surface area contributed by atoms with E-state index in [1.165, 1.54) is 0 Å². The SMILES string of the molecule is N#Cc1ccc(C(=O)N(Cc2ccccc2NC(=O)c2cccc(Cl)c2)C2CCC(N)CC2)cc1. The van der Waals surface area contributed by atoms with Crippen molar-refractivity contribution < 1.29 is 9.59 Å². The zero-order chi connectivity index (χ0) is 24.8. The number of nitrogens with zero attached hydrogens (tertiary/aromatic N) is 2. The summed E-state index contributed by atoms with van der Waals surface area (Å²) in [5.41, 5.74) is 9.09. The van der Waals surface area contributed by atoms with Crippen molar-refractivity contribution in [3.63, 3.8) is 0 Å². The molecule has 7 heteroatoms. The topological polar surface area (TPSA) is 99.2 Å². The Morgan fingerprint density at radius 2 is 1.69 bits per heavy atom. The molecule has 0 aliphatic heterocycles. The molecule has 178 valence electrons. The first-order chi connectivity index (χ1) is 16.9. The smallest absolute Gasteiger partial charge is 0.255 e. The van der Waals surface area contributed by atoms with E-state index >= 15 is 0 Å². The second kappa shape index (κ2) is 11.2. The van der Waals surface area contributed by atoms with Crippen LogP contribution in [0.15, 0.2) is 72.8 Å². The van der Waals surface area contributed by atoms with Crippen LogP contribution in [0, 0.1) is 11.3 Å². The van der Waals surface area contributed by atoms with Crippen LogP contribution < -0.4 is 11.1 Å². The van der Waals surface area contributed by atoms with Crippen molar-refractivity contribution >= 4 is 29.1 Å². The van der Waals surface area contributed by atoms with Crippen LogP contribution in [0.3, 0.4) is 0 Å². The Morgan fingerprint density at radius 1 is 0.971 bits per heavy atom. The van der Waals surface area contributed by atoms with Gasteiger partial charge in [-0.05, 0) is 79.8 Å². The fraction of sp³-hybridized carbons (Fsp3) is 0.250. The third-order valence-corrected chi connectivity index (χ3v) is 6.63. The van der Waals surface area contributed by atoms with Gasteiger partial charge in [-0.3, -0.25) is 9.59 Å². The maximum atomic E-state index is 13.6. The Balaban J connectivity index is 1.61. The molecule has 0 radical (unpaired) electrons. The van der Waals surface area contributed by atoms with Crippen molar-refractivity contribution in [2.24, 2.45) is 5.73 Å². The average Bonchev–Trinajstić information content (AvgIpc) is 2.88. The fourth-order valence-electron chi connectivity index (χ4n) is 4.42. The second-order valence-electron chi connectivity index (χ2n) is 8.81. The van der Waals surface area contributed by atoms with E-state index in [4.69, 9.17) is 22.6 Å². The number of nitriles is 1. The highest BCUT2D eigenvalue weighted by Gasteiger charge is 2.29. The van der Waals surface area contributed by atoms with Gasteiger partial charge in [-0.1, -0.05) is 35.9 Å². The quantitative estimate of drug-likeness (QED) is 0.488. The Morgan fingerprint density at radius 3 is 2.37 bits per heavy atom. The van der Waals surface area contributed by atoms with Gasteiger partial charge >= 0.3 is 0 Å². The molecule has 3 N–H and O–H groups in total. The first-order valence-corrected chi connectivity index (χ1v) is 12.0. The lowest BCUT2D eigenvalue weighted by atomic mass is 9.90. The maximum absolute atomic E-state index is 13.6. The molecular weight excluding hydrogens is 460 g/mol. The molecule has 0 atom stereocenters. The molecule has 1 saturated carbocycles. The minimum atomic E-state index is -0.270. The average molecular weight is 487 g/mol. The van der Waals surface area contributed by atoms with Crippen molar-refractivity contribution in [1.29, 1.82) is 5.26 Å². The first-order valence-electron chi connectivity index (χ1n) is 11.7. The standard InChI is InChI=1S/C28H27ClN4O2/c29-23-6-3-5-21(16-23)27(34)32-26-7-2-1-4-22(26)18-33(25-14-12-24(31)13-15-25)28(35)20-10-8-19(17-30)9-11-20/h1-11,16,24-25H,12-15,18,31H2,(H,32,34). The Hall–Kier alpha value is -3.66. The minimum absolute atomic E-state index is 0.0367. The van der Waals surface area contributed by atoms with Crippen molar-refractivity contribution in [3.05, 3.63) is 100 Å². The van der Waals surface area contributed by atoms with Gasteiger partial charge < -0.3 is 16.0 Å². The van der Waals surface area contributed by atoms with E-state index in [1.807, 2.05) is 29.2 Å². The second-order valence-corrected chi connectivity index (χ2v) is 9.25. The number of nitrogens with one attached hydrogen (secondary N) is 1. The zero-order valence-corrected chi connectivity index (χ0v) is 20.0. The zero-order valence-electron chi connectivity index (χ0n) is 19.3. The van der Waals surface area contributed by atoms with Crippen LogP contribution in [0.2, 0.25) is 5.02 Å². The van der Waals surface area contributed by atoms with Crippen molar-refractivity contribution in [2.45, 2.75) is 44.3 Å². The van der Waals surface area contributed by atoms with E-state index in [0.717, 1.165) is 31.2 Å². The molecule has 3 aromatic carbocycles. The largest absolute Gasteiger partial charge is 0.331 e. The number of carbonyl (C=O) groups is 2. The maximum Gasteiger partial charge on any atom is 0.255 e. The predicted molar refractivity (Wildman–Crippen MR) is 137 cm³/mol.